The van der Waals surface area contributed by atoms with Gasteiger partial charge in [0.15, 0.2) is 0 Å². The number of allylic oxidation sites excluding steroid dienone is 1. The van der Waals surface area contributed by atoms with Gasteiger partial charge in [0.05, 0.1) is 6.61 Å². The van der Waals surface area contributed by atoms with Gasteiger partial charge in [-0.2, -0.15) is 0 Å². The molecule has 6 heteroatoms. The summed E-state index contributed by atoms with van der Waals surface area (Å²) in [6.45, 7) is 9.16. The van der Waals surface area contributed by atoms with Crippen molar-refractivity contribution in [3.05, 3.63) is 36.1 Å². The van der Waals surface area contributed by atoms with Crippen LogP contribution in [0.5, 0.6) is 0 Å². The lowest BCUT2D eigenvalue weighted by molar-refractivity contribution is -0.149. The summed E-state index contributed by atoms with van der Waals surface area (Å²) >= 11 is 0. The Morgan fingerprint density at radius 2 is 1.96 bits per heavy atom. The summed E-state index contributed by atoms with van der Waals surface area (Å²) < 4.78 is 10.0. The fourth-order valence-electron chi connectivity index (χ4n) is 1.92. The van der Waals surface area contributed by atoms with Crippen LogP contribution in [0.15, 0.2) is 36.1 Å². The Morgan fingerprint density at radius 3 is 2.57 bits per heavy atom. The molecule has 0 bridgehead atoms. The number of hydrogen-bond donors (Lipinski definition) is 1. The summed E-state index contributed by atoms with van der Waals surface area (Å²) in [6.07, 6.45) is 5.50. The Kier molecular flexibility index (Phi) is 6.75. The van der Waals surface area contributed by atoms with E-state index in [1.165, 1.54) is 0 Å². The molecule has 0 atom stereocenters. The van der Waals surface area contributed by atoms with Gasteiger partial charge in [0.25, 0.3) is 0 Å². The highest BCUT2D eigenvalue weighted by molar-refractivity contribution is 5.92. The maximum atomic E-state index is 11.5. The first kappa shape index (κ1) is 18.7. The van der Waals surface area contributed by atoms with Crippen LogP contribution in [0.1, 0.15) is 40.0 Å². The Bertz CT molecular complexity index is 552. The summed E-state index contributed by atoms with van der Waals surface area (Å²) in [4.78, 5) is 34.1. The van der Waals surface area contributed by atoms with Gasteiger partial charge < -0.3 is 14.8 Å². The Morgan fingerprint density at radius 1 is 1.30 bits per heavy atom. The van der Waals surface area contributed by atoms with Gasteiger partial charge in [-0.25, -0.2) is 9.59 Å². The molecule has 0 saturated heterocycles. The predicted molar refractivity (Wildman–Crippen MR) is 85.2 cm³/mol. The number of carbonyl (C=O) groups is 3. The average Bonchev–Trinajstić information content (AvgIpc) is 2.38. The van der Waals surface area contributed by atoms with Crippen molar-refractivity contribution in [3.63, 3.8) is 0 Å². The monoisotopic (exact) mass is 321 g/mol. The molecule has 1 aliphatic heterocycles. The van der Waals surface area contributed by atoms with Crippen LogP contribution in [-0.4, -0.2) is 30.1 Å². The molecule has 1 N–H and O–H groups in total. The number of nitrogens with one attached hydrogen (secondary N) is 1. The van der Waals surface area contributed by atoms with Crippen LogP contribution in [-0.2, 0) is 23.9 Å². The summed E-state index contributed by atoms with van der Waals surface area (Å²) in [5, 5.41) is 2.61. The van der Waals surface area contributed by atoms with E-state index < -0.39 is 17.5 Å². The van der Waals surface area contributed by atoms with Crippen molar-refractivity contribution in [2.45, 2.75) is 45.6 Å². The zero-order valence-corrected chi connectivity index (χ0v) is 13.8. The molecule has 0 radical (unpaired) electrons. The van der Waals surface area contributed by atoms with Gasteiger partial charge >= 0.3 is 11.9 Å². The van der Waals surface area contributed by atoms with E-state index in [-0.39, 0.29) is 12.5 Å². The van der Waals surface area contributed by atoms with Crippen molar-refractivity contribution >= 4 is 17.8 Å². The van der Waals surface area contributed by atoms with Crippen molar-refractivity contribution in [1.29, 1.82) is 0 Å². The largest absolute Gasteiger partial charge is 0.463 e. The highest BCUT2D eigenvalue weighted by atomic mass is 16.6. The molecule has 23 heavy (non-hydrogen) atoms. The van der Waals surface area contributed by atoms with E-state index in [9.17, 15) is 14.4 Å². The van der Waals surface area contributed by atoms with Crippen LogP contribution < -0.4 is 5.32 Å². The second-order valence-corrected chi connectivity index (χ2v) is 6.21. The first-order valence-electron chi connectivity index (χ1n) is 7.42. The molecular weight excluding hydrogens is 298 g/mol. The minimum Gasteiger partial charge on any atom is -0.463 e. The van der Waals surface area contributed by atoms with Crippen molar-refractivity contribution < 1.29 is 23.9 Å². The zero-order valence-electron chi connectivity index (χ0n) is 13.8. The van der Waals surface area contributed by atoms with Crippen LogP contribution in [0.25, 0.3) is 0 Å². The Balaban J connectivity index is 2.25. The highest BCUT2D eigenvalue weighted by Gasteiger charge is 2.14. The Labute approximate surface area is 136 Å². The SMILES string of the molecule is C=C1CC(CCCOC(=O)/C=C/C(=O)OC(C)(C)C)=CC(=O)N1. The van der Waals surface area contributed by atoms with Gasteiger partial charge in [-0.1, -0.05) is 12.2 Å². The van der Waals surface area contributed by atoms with Crippen LogP contribution in [0.3, 0.4) is 0 Å². The van der Waals surface area contributed by atoms with Gasteiger partial charge in [-0.15, -0.1) is 0 Å². The normalized spacial score (nSPS) is 15.2. The molecular formula is C17H23NO5. The van der Waals surface area contributed by atoms with Crippen molar-refractivity contribution in [3.8, 4) is 0 Å². The van der Waals surface area contributed by atoms with E-state index in [2.05, 4.69) is 11.9 Å². The average molecular weight is 321 g/mol. The second kappa shape index (κ2) is 8.31. The number of rotatable bonds is 6. The number of amides is 1. The highest BCUT2D eigenvalue weighted by Crippen LogP contribution is 2.17. The smallest absolute Gasteiger partial charge is 0.331 e. The van der Waals surface area contributed by atoms with Gasteiger partial charge in [0.1, 0.15) is 5.60 Å². The molecule has 1 heterocycles. The van der Waals surface area contributed by atoms with Gasteiger partial charge in [-0.05, 0) is 33.6 Å². The van der Waals surface area contributed by atoms with Gasteiger partial charge in [-0.3, -0.25) is 4.79 Å². The fourth-order valence-corrected chi connectivity index (χ4v) is 1.92. The second-order valence-electron chi connectivity index (χ2n) is 6.21. The Hall–Kier alpha value is -2.37. The minimum absolute atomic E-state index is 0.173. The third-order valence-electron chi connectivity index (χ3n) is 2.72. The zero-order chi connectivity index (χ0) is 17.5. The molecule has 6 nitrogen and oxygen atoms in total. The molecule has 0 unspecified atom stereocenters. The molecule has 0 spiro atoms. The van der Waals surface area contributed by atoms with E-state index in [0.29, 0.717) is 25.0 Å². The molecule has 1 aliphatic rings. The van der Waals surface area contributed by atoms with Crippen molar-refractivity contribution in [2.75, 3.05) is 6.61 Å². The van der Waals surface area contributed by atoms with Crippen molar-refractivity contribution in [1.82, 2.24) is 5.32 Å². The number of esters is 2. The first-order valence-corrected chi connectivity index (χ1v) is 7.42. The number of hydrogen-bond acceptors (Lipinski definition) is 5. The topological polar surface area (TPSA) is 81.7 Å². The van der Waals surface area contributed by atoms with Crippen molar-refractivity contribution in [2.24, 2.45) is 0 Å². The van der Waals surface area contributed by atoms with E-state index >= 15 is 0 Å². The molecule has 0 aromatic rings. The molecule has 0 aromatic carbocycles. The standard InChI is InChI=1S/C17H23NO5/c1-12-10-13(11-14(19)18-12)6-5-9-22-15(20)7-8-16(21)23-17(2,3)4/h7-8,11H,1,5-6,9-10H2,2-4H3,(H,18,19)/b8-7+. The van der Waals surface area contributed by atoms with E-state index in [1.54, 1.807) is 26.8 Å². The molecule has 126 valence electrons. The fraction of sp³-hybridized carbons (Fsp3) is 0.471. The lowest BCUT2D eigenvalue weighted by Crippen LogP contribution is -2.24. The summed E-state index contributed by atoms with van der Waals surface area (Å²) in [5.41, 5.74) is 1.03. The number of ether oxygens (including phenoxy) is 2. The van der Waals surface area contributed by atoms with E-state index in [4.69, 9.17) is 9.47 Å². The summed E-state index contributed by atoms with van der Waals surface area (Å²) in [5.74, 6) is -1.37. The summed E-state index contributed by atoms with van der Waals surface area (Å²) in [6, 6.07) is 0. The first-order chi connectivity index (χ1) is 10.7. The van der Waals surface area contributed by atoms with Crippen LogP contribution in [0.2, 0.25) is 0 Å². The molecule has 0 saturated carbocycles. The van der Waals surface area contributed by atoms with Gasteiger partial charge in [0.2, 0.25) is 5.91 Å². The molecule has 0 aromatic heterocycles. The van der Waals surface area contributed by atoms with Crippen LogP contribution >= 0.6 is 0 Å². The third-order valence-corrected chi connectivity index (χ3v) is 2.72. The molecule has 0 fully saturated rings. The molecule has 1 rings (SSSR count). The van der Waals surface area contributed by atoms with Crippen LogP contribution in [0.4, 0.5) is 0 Å². The van der Waals surface area contributed by atoms with E-state index in [1.807, 2.05) is 0 Å². The molecule has 1 amide bonds. The van der Waals surface area contributed by atoms with E-state index in [0.717, 1.165) is 17.7 Å². The third kappa shape index (κ3) is 8.60. The number of carbonyl (C=O) groups excluding carboxylic acids is 3. The molecule has 0 aliphatic carbocycles. The lowest BCUT2D eigenvalue weighted by atomic mass is 10.0. The maximum absolute atomic E-state index is 11.5. The minimum atomic E-state index is -0.602. The predicted octanol–water partition coefficient (Wildman–Crippen LogP) is 2.17. The lowest BCUT2D eigenvalue weighted by Gasteiger charge is -2.17. The quantitative estimate of drug-likeness (QED) is 0.460. The van der Waals surface area contributed by atoms with Gasteiger partial charge in [0, 0.05) is 30.3 Å². The summed E-state index contributed by atoms with van der Waals surface area (Å²) in [7, 11) is 0. The van der Waals surface area contributed by atoms with Crippen LogP contribution in [0, 0.1) is 0 Å². The maximum Gasteiger partial charge on any atom is 0.331 e.